The summed E-state index contributed by atoms with van der Waals surface area (Å²) in [5.41, 5.74) is 0.811. The van der Waals surface area contributed by atoms with E-state index >= 15 is 0 Å². The minimum atomic E-state index is -3.34. The molecule has 0 saturated carbocycles. The lowest BCUT2D eigenvalue weighted by atomic mass is 10.3. The average Bonchev–Trinajstić information content (AvgIpc) is 2.68. The van der Waals surface area contributed by atoms with E-state index in [1.165, 1.54) is 11.3 Å². The summed E-state index contributed by atoms with van der Waals surface area (Å²) in [6.07, 6.45) is 0. The molecular formula is C12H17N3O2S2. The first kappa shape index (κ1) is 14.2. The van der Waals surface area contributed by atoms with Gasteiger partial charge < -0.3 is 5.32 Å². The Hall–Kier alpha value is -1.18. The van der Waals surface area contributed by atoms with Gasteiger partial charge in [0.05, 0.1) is 16.0 Å². The zero-order valence-electron chi connectivity index (χ0n) is 10.9. The van der Waals surface area contributed by atoms with E-state index in [1.807, 2.05) is 38.1 Å². The second-order valence-electron chi connectivity index (χ2n) is 4.52. The Labute approximate surface area is 117 Å². The van der Waals surface area contributed by atoms with Gasteiger partial charge >= 0.3 is 0 Å². The number of aromatic nitrogens is 1. The fraction of sp³-hybridized carbons (Fsp3) is 0.417. The van der Waals surface area contributed by atoms with Gasteiger partial charge in [-0.2, -0.15) is 0 Å². The Bertz CT molecular complexity index is 617. The van der Waals surface area contributed by atoms with Crippen LogP contribution in [-0.4, -0.2) is 31.7 Å². The van der Waals surface area contributed by atoms with Gasteiger partial charge in [0, 0.05) is 12.6 Å². The third-order valence-corrected chi connectivity index (χ3v) is 4.79. The van der Waals surface area contributed by atoms with Crippen LogP contribution in [0.5, 0.6) is 0 Å². The van der Waals surface area contributed by atoms with E-state index in [0.29, 0.717) is 11.7 Å². The van der Waals surface area contributed by atoms with Crippen molar-refractivity contribution in [2.24, 2.45) is 0 Å². The highest BCUT2D eigenvalue weighted by Crippen LogP contribution is 2.25. The average molecular weight is 299 g/mol. The summed E-state index contributed by atoms with van der Waals surface area (Å²) in [4.78, 5) is 4.25. The predicted octanol–water partition coefficient (Wildman–Crippen LogP) is 2.04. The molecule has 0 spiro atoms. The van der Waals surface area contributed by atoms with Crippen LogP contribution in [0, 0.1) is 0 Å². The van der Waals surface area contributed by atoms with Crippen molar-refractivity contribution in [3.8, 4) is 0 Å². The molecule has 0 atom stereocenters. The Morgan fingerprint density at radius 3 is 2.74 bits per heavy atom. The number of fused-ring (bicyclic) bond motifs is 1. The van der Waals surface area contributed by atoms with E-state index < -0.39 is 10.0 Å². The predicted molar refractivity (Wildman–Crippen MR) is 80.2 cm³/mol. The first-order valence-electron chi connectivity index (χ1n) is 6.06. The highest BCUT2D eigenvalue weighted by Gasteiger charge is 2.13. The molecule has 2 N–H and O–H groups in total. The van der Waals surface area contributed by atoms with Gasteiger partial charge in [-0.25, -0.2) is 13.4 Å². The zero-order valence-corrected chi connectivity index (χ0v) is 12.5. The molecule has 0 saturated heterocycles. The van der Waals surface area contributed by atoms with Gasteiger partial charge in [-0.1, -0.05) is 37.3 Å². The summed E-state index contributed by atoms with van der Waals surface area (Å²) in [5, 5.41) is 3.50. The molecular weight excluding hydrogens is 282 g/mol. The standard InChI is InChI=1S/C12H17N3O2S2/c1-9(2)13-7-8-19(16,17)15-12-14-10-5-3-4-6-11(10)18-12/h3-6,9,13H,7-8H2,1-2H3,(H,14,15). The minimum Gasteiger partial charge on any atom is -0.313 e. The second kappa shape index (κ2) is 5.85. The number of sulfonamides is 1. The third kappa shape index (κ3) is 4.15. The van der Waals surface area contributed by atoms with E-state index in [-0.39, 0.29) is 11.8 Å². The molecule has 2 rings (SSSR count). The van der Waals surface area contributed by atoms with Crippen molar-refractivity contribution in [2.45, 2.75) is 19.9 Å². The summed E-state index contributed by atoms with van der Waals surface area (Å²) < 4.78 is 27.2. The number of para-hydroxylation sites is 1. The summed E-state index contributed by atoms with van der Waals surface area (Å²) in [7, 11) is -3.34. The fourth-order valence-corrected chi connectivity index (χ4v) is 3.65. The largest absolute Gasteiger partial charge is 0.313 e. The Balaban J connectivity index is 2.03. The quantitative estimate of drug-likeness (QED) is 0.856. The van der Waals surface area contributed by atoms with Crippen LogP contribution in [-0.2, 0) is 10.0 Å². The van der Waals surface area contributed by atoms with E-state index in [9.17, 15) is 8.42 Å². The van der Waals surface area contributed by atoms with Gasteiger partial charge in [0.1, 0.15) is 0 Å². The minimum absolute atomic E-state index is 0.0428. The molecule has 19 heavy (non-hydrogen) atoms. The maximum Gasteiger partial charge on any atom is 0.235 e. The van der Waals surface area contributed by atoms with Crippen LogP contribution in [0.1, 0.15) is 13.8 Å². The fourth-order valence-electron chi connectivity index (χ4n) is 1.58. The normalized spacial score (nSPS) is 12.2. The maximum atomic E-state index is 11.9. The number of thiazole rings is 1. The van der Waals surface area contributed by atoms with Crippen LogP contribution in [0.2, 0.25) is 0 Å². The number of hydrogen-bond donors (Lipinski definition) is 2. The molecule has 0 aliphatic rings. The van der Waals surface area contributed by atoms with Gasteiger partial charge in [-0.15, -0.1) is 0 Å². The molecule has 5 nitrogen and oxygen atoms in total. The van der Waals surface area contributed by atoms with Crippen molar-refractivity contribution in [1.82, 2.24) is 10.3 Å². The lowest BCUT2D eigenvalue weighted by molar-refractivity contribution is 0.582. The SMILES string of the molecule is CC(C)NCCS(=O)(=O)Nc1nc2ccccc2s1. The summed E-state index contributed by atoms with van der Waals surface area (Å²) >= 11 is 1.34. The molecule has 0 amide bonds. The van der Waals surface area contributed by atoms with E-state index in [0.717, 1.165) is 10.2 Å². The number of anilines is 1. The molecule has 0 aliphatic heterocycles. The van der Waals surface area contributed by atoms with Crippen molar-refractivity contribution in [1.29, 1.82) is 0 Å². The van der Waals surface area contributed by atoms with Crippen LogP contribution < -0.4 is 10.0 Å². The van der Waals surface area contributed by atoms with Crippen LogP contribution in [0.15, 0.2) is 24.3 Å². The lowest BCUT2D eigenvalue weighted by Gasteiger charge is -2.08. The number of nitrogens with one attached hydrogen (secondary N) is 2. The lowest BCUT2D eigenvalue weighted by Crippen LogP contribution is -2.30. The van der Waals surface area contributed by atoms with E-state index in [2.05, 4.69) is 15.0 Å². The monoisotopic (exact) mass is 299 g/mol. The van der Waals surface area contributed by atoms with Gasteiger partial charge in [0.15, 0.2) is 5.13 Å². The number of hydrogen-bond acceptors (Lipinski definition) is 5. The molecule has 0 bridgehead atoms. The van der Waals surface area contributed by atoms with E-state index in [4.69, 9.17) is 0 Å². The van der Waals surface area contributed by atoms with Crippen LogP contribution in [0.3, 0.4) is 0 Å². The van der Waals surface area contributed by atoms with Crippen molar-refractivity contribution in [3.05, 3.63) is 24.3 Å². The molecule has 0 unspecified atom stereocenters. The topological polar surface area (TPSA) is 71.1 Å². The van der Waals surface area contributed by atoms with Crippen molar-refractivity contribution in [2.75, 3.05) is 17.0 Å². The highest BCUT2D eigenvalue weighted by molar-refractivity contribution is 7.92. The molecule has 7 heteroatoms. The first-order chi connectivity index (χ1) is 8.96. The third-order valence-electron chi connectivity index (χ3n) is 2.46. The molecule has 104 valence electrons. The number of rotatable bonds is 6. The smallest absolute Gasteiger partial charge is 0.235 e. The van der Waals surface area contributed by atoms with Gasteiger partial charge in [-0.3, -0.25) is 4.72 Å². The van der Waals surface area contributed by atoms with Gasteiger partial charge in [0.2, 0.25) is 10.0 Å². The molecule has 0 fully saturated rings. The van der Waals surface area contributed by atoms with Crippen molar-refractivity contribution in [3.63, 3.8) is 0 Å². The van der Waals surface area contributed by atoms with Gasteiger partial charge in [0.25, 0.3) is 0 Å². The molecule has 1 heterocycles. The van der Waals surface area contributed by atoms with Crippen LogP contribution in [0.25, 0.3) is 10.2 Å². The van der Waals surface area contributed by atoms with Crippen molar-refractivity contribution < 1.29 is 8.42 Å². The van der Waals surface area contributed by atoms with Crippen LogP contribution >= 0.6 is 11.3 Å². The van der Waals surface area contributed by atoms with Crippen molar-refractivity contribution >= 4 is 36.7 Å². The van der Waals surface area contributed by atoms with E-state index in [1.54, 1.807) is 0 Å². The first-order valence-corrected chi connectivity index (χ1v) is 8.52. The summed E-state index contributed by atoms with van der Waals surface area (Å²) in [5.74, 6) is 0.0428. The highest BCUT2D eigenvalue weighted by atomic mass is 32.2. The van der Waals surface area contributed by atoms with Gasteiger partial charge in [-0.05, 0) is 12.1 Å². The summed E-state index contributed by atoms with van der Waals surface area (Å²) in [6, 6.07) is 7.85. The Kier molecular flexibility index (Phi) is 4.38. The summed E-state index contributed by atoms with van der Waals surface area (Å²) in [6.45, 7) is 4.39. The maximum absolute atomic E-state index is 11.9. The Morgan fingerprint density at radius 2 is 2.05 bits per heavy atom. The zero-order chi connectivity index (χ0) is 13.9. The Morgan fingerprint density at radius 1 is 1.32 bits per heavy atom. The molecule has 1 aromatic heterocycles. The van der Waals surface area contributed by atoms with Crippen LogP contribution in [0.4, 0.5) is 5.13 Å². The number of nitrogens with zero attached hydrogens (tertiary/aromatic N) is 1. The molecule has 0 radical (unpaired) electrons. The molecule has 1 aromatic carbocycles. The number of benzene rings is 1. The molecule has 0 aliphatic carbocycles. The molecule has 2 aromatic rings. The second-order valence-corrected chi connectivity index (χ2v) is 7.39.